The fraction of sp³-hybridized carbons (Fsp3) is 0.333. The summed E-state index contributed by atoms with van der Waals surface area (Å²) in [5.41, 5.74) is 4.42. The maximum atomic E-state index is 3.60. The van der Waals surface area contributed by atoms with E-state index in [0.29, 0.717) is 12.0 Å². The summed E-state index contributed by atoms with van der Waals surface area (Å²) >= 11 is 3.60. The van der Waals surface area contributed by atoms with Crippen LogP contribution in [0.3, 0.4) is 0 Å². The zero-order chi connectivity index (χ0) is 14.1. The Labute approximate surface area is 129 Å². The molecule has 0 saturated carbocycles. The molecule has 0 fully saturated rings. The van der Waals surface area contributed by atoms with Crippen LogP contribution in [0, 0.1) is 0 Å². The smallest absolute Gasteiger partial charge is 0.0178 e. The van der Waals surface area contributed by atoms with Gasteiger partial charge in [0.1, 0.15) is 0 Å². The first kappa shape index (κ1) is 13.8. The van der Waals surface area contributed by atoms with Crippen molar-refractivity contribution in [2.24, 2.45) is 0 Å². The van der Waals surface area contributed by atoms with E-state index in [2.05, 4.69) is 83.5 Å². The molecule has 20 heavy (non-hydrogen) atoms. The molecule has 3 rings (SSSR count). The fourth-order valence-electron chi connectivity index (χ4n) is 3.23. The van der Waals surface area contributed by atoms with Gasteiger partial charge in [-0.15, -0.1) is 0 Å². The van der Waals surface area contributed by atoms with E-state index in [-0.39, 0.29) is 0 Å². The minimum Gasteiger partial charge on any atom is -0.306 e. The molecule has 1 nitrogen and oxygen atoms in total. The number of fused-ring (bicyclic) bond motifs is 1. The highest BCUT2D eigenvalue weighted by Gasteiger charge is 2.28. The average Bonchev–Trinajstić information content (AvgIpc) is 2.46. The van der Waals surface area contributed by atoms with Crippen molar-refractivity contribution in [1.82, 2.24) is 4.90 Å². The Hall–Kier alpha value is -1.12. The second-order valence-corrected chi connectivity index (χ2v) is 6.78. The van der Waals surface area contributed by atoms with Crippen LogP contribution in [0.4, 0.5) is 0 Å². The zero-order valence-corrected chi connectivity index (χ0v) is 13.6. The molecule has 0 radical (unpaired) electrons. The highest BCUT2D eigenvalue weighted by atomic mass is 79.9. The normalized spacial score (nSPS) is 21.8. The van der Waals surface area contributed by atoms with Gasteiger partial charge in [-0.25, -0.2) is 0 Å². The summed E-state index contributed by atoms with van der Waals surface area (Å²) in [5.74, 6) is 0.504. The largest absolute Gasteiger partial charge is 0.306 e. The Morgan fingerprint density at radius 2 is 1.85 bits per heavy atom. The van der Waals surface area contributed by atoms with Crippen LogP contribution in [0.2, 0.25) is 0 Å². The molecule has 0 amide bonds. The third-order valence-corrected chi connectivity index (χ3v) is 4.87. The van der Waals surface area contributed by atoms with Crippen LogP contribution in [-0.4, -0.2) is 25.0 Å². The number of hydrogen-bond donors (Lipinski definition) is 0. The van der Waals surface area contributed by atoms with Gasteiger partial charge in [-0.1, -0.05) is 52.3 Å². The predicted molar refractivity (Wildman–Crippen MR) is 88.2 cm³/mol. The van der Waals surface area contributed by atoms with Crippen LogP contribution in [0.1, 0.15) is 29.0 Å². The Bertz CT molecular complexity index is 606. The summed E-state index contributed by atoms with van der Waals surface area (Å²) in [7, 11) is 4.38. The topological polar surface area (TPSA) is 3.24 Å². The Morgan fingerprint density at radius 1 is 1.05 bits per heavy atom. The second-order valence-electron chi connectivity index (χ2n) is 5.86. The van der Waals surface area contributed by atoms with E-state index >= 15 is 0 Å². The lowest BCUT2D eigenvalue weighted by molar-refractivity contribution is 0.258. The zero-order valence-electron chi connectivity index (χ0n) is 12.0. The number of hydrogen-bond acceptors (Lipinski definition) is 1. The van der Waals surface area contributed by atoms with Gasteiger partial charge in [0.2, 0.25) is 0 Å². The fourth-order valence-corrected chi connectivity index (χ4v) is 3.65. The van der Waals surface area contributed by atoms with Crippen LogP contribution >= 0.6 is 15.9 Å². The Morgan fingerprint density at radius 3 is 2.60 bits per heavy atom. The Balaban J connectivity index is 2.05. The molecule has 1 aliphatic rings. The SMILES string of the molecule is CN(C)C1Cc2ccccc2C(c2cccc(Br)c2)C1. The van der Waals surface area contributed by atoms with Gasteiger partial charge in [-0.3, -0.25) is 0 Å². The molecule has 2 unspecified atom stereocenters. The maximum absolute atomic E-state index is 3.60. The van der Waals surface area contributed by atoms with Gasteiger partial charge in [-0.2, -0.15) is 0 Å². The first-order valence-corrected chi connectivity index (χ1v) is 7.94. The van der Waals surface area contributed by atoms with E-state index in [1.54, 1.807) is 0 Å². The third kappa shape index (κ3) is 2.68. The minimum atomic E-state index is 0.504. The van der Waals surface area contributed by atoms with Crippen molar-refractivity contribution in [3.05, 3.63) is 69.7 Å². The molecule has 0 aromatic heterocycles. The van der Waals surface area contributed by atoms with Crippen molar-refractivity contribution in [2.45, 2.75) is 24.8 Å². The molecule has 2 atom stereocenters. The highest BCUT2D eigenvalue weighted by Crippen LogP contribution is 2.38. The van der Waals surface area contributed by atoms with Crippen molar-refractivity contribution in [3.63, 3.8) is 0 Å². The quantitative estimate of drug-likeness (QED) is 0.786. The number of nitrogens with zero attached hydrogens (tertiary/aromatic N) is 1. The van der Waals surface area contributed by atoms with Gasteiger partial charge in [0.15, 0.2) is 0 Å². The van der Waals surface area contributed by atoms with Crippen LogP contribution in [0.25, 0.3) is 0 Å². The first-order valence-electron chi connectivity index (χ1n) is 7.15. The van der Waals surface area contributed by atoms with Crippen LogP contribution in [0.5, 0.6) is 0 Å². The molecule has 0 saturated heterocycles. The molecule has 0 aliphatic heterocycles. The standard InChI is InChI=1S/C18H20BrN/c1-20(2)16-11-14-6-3-4-9-17(14)18(12-16)13-7-5-8-15(19)10-13/h3-10,16,18H,11-12H2,1-2H3. The minimum absolute atomic E-state index is 0.504. The maximum Gasteiger partial charge on any atom is 0.0178 e. The second kappa shape index (κ2) is 5.71. The van der Waals surface area contributed by atoms with Crippen molar-refractivity contribution < 1.29 is 0 Å². The van der Waals surface area contributed by atoms with E-state index in [1.165, 1.54) is 27.6 Å². The number of halogens is 1. The average molecular weight is 330 g/mol. The monoisotopic (exact) mass is 329 g/mol. The molecule has 2 heteroatoms. The van der Waals surface area contributed by atoms with Crippen LogP contribution in [-0.2, 0) is 6.42 Å². The molecule has 2 aromatic rings. The summed E-state index contributed by atoms with van der Waals surface area (Å²) in [4.78, 5) is 2.36. The van der Waals surface area contributed by atoms with E-state index in [1.807, 2.05) is 0 Å². The molecule has 0 N–H and O–H groups in total. The molecule has 104 valence electrons. The van der Waals surface area contributed by atoms with E-state index < -0.39 is 0 Å². The molecule has 0 heterocycles. The van der Waals surface area contributed by atoms with Gasteiger partial charge in [0, 0.05) is 16.4 Å². The van der Waals surface area contributed by atoms with Gasteiger partial charge in [0.25, 0.3) is 0 Å². The third-order valence-electron chi connectivity index (χ3n) is 4.38. The van der Waals surface area contributed by atoms with Gasteiger partial charge in [0.05, 0.1) is 0 Å². The van der Waals surface area contributed by atoms with Gasteiger partial charge >= 0.3 is 0 Å². The van der Waals surface area contributed by atoms with Crippen LogP contribution < -0.4 is 0 Å². The molecular weight excluding hydrogens is 310 g/mol. The van der Waals surface area contributed by atoms with Crippen molar-refractivity contribution >= 4 is 15.9 Å². The number of likely N-dealkylation sites (N-methyl/N-ethyl adjacent to an activating group) is 1. The summed E-state index contributed by atoms with van der Waals surface area (Å²) in [6.07, 6.45) is 2.36. The number of rotatable bonds is 2. The number of benzene rings is 2. The first-order chi connectivity index (χ1) is 9.65. The summed E-state index contributed by atoms with van der Waals surface area (Å²) in [5, 5.41) is 0. The van der Waals surface area contributed by atoms with Crippen molar-refractivity contribution in [1.29, 1.82) is 0 Å². The summed E-state index contributed by atoms with van der Waals surface area (Å²) in [6, 6.07) is 18.3. The lowest BCUT2D eigenvalue weighted by Gasteiger charge is -2.35. The Kier molecular flexibility index (Phi) is 3.95. The molecule has 0 bridgehead atoms. The lowest BCUT2D eigenvalue weighted by Crippen LogP contribution is -2.35. The van der Waals surface area contributed by atoms with Gasteiger partial charge < -0.3 is 4.90 Å². The summed E-state index contributed by atoms with van der Waals surface area (Å²) < 4.78 is 1.17. The lowest BCUT2D eigenvalue weighted by atomic mass is 9.76. The van der Waals surface area contributed by atoms with E-state index in [4.69, 9.17) is 0 Å². The van der Waals surface area contributed by atoms with E-state index in [9.17, 15) is 0 Å². The molecule has 2 aromatic carbocycles. The molecular formula is C18H20BrN. The van der Waals surface area contributed by atoms with E-state index in [0.717, 1.165) is 6.42 Å². The molecule has 1 aliphatic carbocycles. The van der Waals surface area contributed by atoms with Crippen molar-refractivity contribution in [2.75, 3.05) is 14.1 Å². The molecule has 0 spiro atoms. The van der Waals surface area contributed by atoms with Crippen molar-refractivity contribution in [3.8, 4) is 0 Å². The summed E-state index contributed by atoms with van der Waals surface area (Å²) in [6.45, 7) is 0. The predicted octanol–water partition coefficient (Wildman–Crippen LogP) is 4.46. The highest BCUT2D eigenvalue weighted by molar-refractivity contribution is 9.10. The van der Waals surface area contributed by atoms with Crippen LogP contribution in [0.15, 0.2) is 53.0 Å². The van der Waals surface area contributed by atoms with Gasteiger partial charge in [-0.05, 0) is 55.8 Å².